The Morgan fingerprint density at radius 2 is 1.88 bits per heavy atom. The zero-order chi connectivity index (χ0) is 22.7. The predicted octanol–water partition coefficient (Wildman–Crippen LogP) is 6.12. The number of carboxylic acid groups (broad SMARTS) is 1. The van der Waals surface area contributed by atoms with Gasteiger partial charge in [0.25, 0.3) is 0 Å². The Morgan fingerprint density at radius 1 is 1.06 bits per heavy atom. The third-order valence-corrected chi connectivity index (χ3v) is 7.21. The fraction of sp³-hybridized carbons (Fsp3) is 0.286. The number of carbonyl (C=O) groups is 1. The molecule has 5 heteroatoms. The summed E-state index contributed by atoms with van der Waals surface area (Å²) in [6.45, 7) is 4.90. The first-order chi connectivity index (χ1) is 16.0. The van der Waals surface area contributed by atoms with E-state index in [9.17, 15) is 9.90 Å². The average Bonchev–Trinajstić information content (AvgIpc) is 3.27. The summed E-state index contributed by atoms with van der Waals surface area (Å²) in [5.41, 5.74) is 9.09. The number of nitrogens with zero attached hydrogens (tertiary/aromatic N) is 2. The van der Waals surface area contributed by atoms with Crippen LogP contribution in [0.4, 0.5) is 0 Å². The number of benzene rings is 3. The van der Waals surface area contributed by atoms with Gasteiger partial charge in [0, 0.05) is 0 Å². The maximum atomic E-state index is 12.3. The number of fused-ring (bicyclic) bond motifs is 4. The van der Waals surface area contributed by atoms with Gasteiger partial charge in [0.1, 0.15) is 11.6 Å². The second-order valence-electron chi connectivity index (χ2n) is 9.28. The molecule has 1 saturated heterocycles. The van der Waals surface area contributed by atoms with Crippen LogP contribution < -0.4 is 0 Å². The molecule has 5 nitrogen and oxygen atoms in total. The molecule has 0 spiro atoms. The molecule has 3 aromatic carbocycles. The van der Waals surface area contributed by atoms with Gasteiger partial charge in [-0.3, -0.25) is 9.69 Å². The summed E-state index contributed by atoms with van der Waals surface area (Å²) in [6.07, 6.45) is 2.60. The van der Waals surface area contributed by atoms with Gasteiger partial charge in [0.15, 0.2) is 5.58 Å². The molecule has 1 fully saturated rings. The third-order valence-electron chi connectivity index (χ3n) is 7.21. The number of likely N-dealkylation sites (tertiary alicyclic amines) is 1. The van der Waals surface area contributed by atoms with Gasteiger partial charge >= 0.3 is 5.97 Å². The minimum Gasteiger partial charge on any atom is -0.480 e. The van der Waals surface area contributed by atoms with Crippen LogP contribution in [0.3, 0.4) is 0 Å². The van der Waals surface area contributed by atoms with Gasteiger partial charge in [-0.25, -0.2) is 4.98 Å². The van der Waals surface area contributed by atoms with Crippen LogP contribution in [0.5, 0.6) is 0 Å². The summed E-state index contributed by atoms with van der Waals surface area (Å²) in [7, 11) is 0. The molecule has 1 unspecified atom stereocenters. The van der Waals surface area contributed by atoms with E-state index in [1.165, 1.54) is 0 Å². The van der Waals surface area contributed by atoms with Gasteiger partial charge < -0.3 is 9.52 Å². The molecule has 0 aliphatic carbocycles. The largest absolute Gasteiger partial charge is 0.480 e. The highest BCUT2D eigenvalue weighted by Crippen LogP contribution is 2.47. The van der Waals surface area contributed by atoms with E-state index in [4.69, 9.17) is 9.40 Å². The molecule has 1 aromatic heterocycles. The maximum absolute atomic E-state index is 12.3. The van der Waals surface area contributed by atoms with Crippen molar-refractivity contribution in [3.63, 3.8) is 0 Å². The quantitative estimate of drug-likeness (QED) is 0.417. The smallest absolute Gasteiger partial charge is 0.320 e. The van der Waals surface area contributed by atoms with Crippen LogP contribution in [0.1, 0.15) is 47.6 Å². The molecule has 166 valence electrons. The summed E-state index contributed by atoms with van der Waals surface area (Å²) >= 11 is 0. The van der Waals surface area contributed by atoms with Crippen LogP contribution in [-0.2, 0) is 4.79 Å². The lowest BCUT2D eigenvalue weighted by Crippen LogP contribution is -2.47. The predicted molar refractivity (Wildman–Crippen MR) is 128 cm³/mol. The molecule has 6 rings (SSSR count). The molecular formula is C28H26N2O3. The Labute approximate surface area is 192 Å². The van der Waals surface area contributed by atoms with Crippen molar-refractivity contribution < 1.29 is 14.3 Å². The first kappa shape index (κ1) is 20.2. The summed E-state index contributed by atoms with van der Waals surface area (Å²) in [5, 5.41) is 10.1. The number of oxazole rings is 1. The molecule has 0 saturated carbocycles. The van der Waals surface area contributed by atoms with Crippen LogP contribution in [0, 0.1) is 13.8 Å². The minimum atomic E-state index is -0.747. The van der Waals surface area contributed by atoms with Crippen molar-refractivity contribution in [3.05, 3.63) is 76.9 Å². The van der Waals surface area contributed by atoms with E-state index in [0.717, 1.165) is 69.4 Å². The summed E-state index contributed by atoms with van der Waals surface area (Å²) in [6, 6.07) is 18.1. The van der Waals surface area contributed by atoms with E-state index in [2.05, 4.69) is 48.2 Å². The molecule has 2 aliphatic heterocycles. The number of carboxylic acids is 1. The summed E-state index contributed by atoms with van der Waals surface area (Å²) in [5.74, 6) is -0.139. The first-order valence-electron chi connectivity index (χ1n) is 11.6. The SMILES string of the molecule is Cc1ccc(-c2ccccc2)c2c1[C@@H](N1CCCCC1C(=O)O)c1cc(C)c3oc-2nc3c1. The first-order valence-corrected chi connectivity index (χ1v) is 11.6. The Morgan fingerprint density at radius 3 is 2.67 bits per heavy atom. The van der Waals surface area contributed by atoms with Crippen molar-refractivity contribution in [2.24, 2.45) is 0 Å². The lowest BCUT2D eigenvalue weighted by atomic mass is 9.83. The second kappa shape index (κ2) is 7.56. The maximum Gasteiger partial charge on any atom is 0.320 e. The van der Waals surface area contributed by atoms with E-state index in [-0.39, 0.29) is 6.04 Å². The number of aromatic nitrogens is 1. The molecule has 33 heavy (non-hydrogen) atoms. The zero-order valence-electron chi connectivity index (χ0n) is 18.8. The van der Waals surface area contributed by atoms with E-state index in [0.29, 0.717) is 12.3 Å². The van der Waals surface area contributed by atoms with Crippen molar-refractivity contribution >= 4 is 17.1 Å². The van der Waals surface area contributed by atoms with Crippen LogP contribution in [0.15, 0.2) is 59.0 Å². The van der Waals surface area contributed by atoms with E-state index in [1.54, 1.807) is 0 Å². The number of hydrogen-bond acceptors (Lipinski definition) is 4. The van der Waals surface area contributed by atoms with Crippen molar-refractivity contribution in [1.82, 2.24) is 9.88 Å². The number of hydrogen-bond donors (Lipinski definition) is 1. The van der Waals surface area contributed by atoms with E-state index in [1.807, 2.05) is 25.1 Å². The molecule has 1 N–H and O–H groups in total. The number of aryl methyl sites for hydroxylation is 2. The molecule has 2 aliphatic rings. The lowest BCUT2D eigenvalue weighted by Gasteiger charge is -2.41. The normalized spacial score (nSPS) is 20.1. The van der Waals surface area contributed by atoms with E-state index < -0.39 is 12.0 Å². The molecule has 3 heterocycles. The van der Waals surface area contributed by atoms with Gasteiger partial charge in [0.2, 0.25) is 5.89 Å². The fourth-order valence-electron chi connectivity index (χ4n) is 5.71. The molecule has 2 atom stereocenters. The molecule has 0 radical (unpaired) electrons. The fourth-order valence-corrected chi connectivity index (χ4v) is 5.71. The van der Waals surface area contributed by atoms with Crippen LogP contribution >= 0.6 is 0 Å². The standard InChI is InChI=1S/C28H26N2O3/c1-16-11-12-20(18-8-4-3-5-9-18)24-23(16)25(30-13-7-6-10-22(30)28(31)32)19-14-17(2)26-21(15-19)29-27(24)33-26/h3-5,8-9,11-12,14-15,22,25H,6-7,10,13H2,1-2H3,(H,31,32)/t22?,25-/m0/s1. The molecule has 3 bridgehead atoms. The summed E-state index contributed by atoms with van der Waals surface area (Å²) < 4.78 is 6.38. The van der Waals surface area contributed by atoms with Crippen molar-refractivity contribution in [2.45, 2.75) is 45.2 Å². The Hall–Kier alpha value is -3.44. The van der Waals surface area contributed by atoms with E-state index >= 15 is 0 Å². The number of aliphatic carboxylic acids is 1. The number of rotatable bonds is 3. The monoisotopic (exact) mass is 438 g/mol. The van der Waals surface area contributed by atoms with Crippen molar-refractivity contribution in [3.8, 4) is 22.6 Å². The minimum absolute atomic E-state index is 0.177. The van der Waals surface area contributed by atoms with Crippen LogP contribution in [0.25, 0.3) is 33.7 Å². The third kappa shape index (κ3) is 3.10. The van der Waals surface area contributed by atoms with Crippen molar-refractivity contribution in [2.75, 3.05) is 6.54 Å². The summed E-state index contributed by atoms with van der Waals surface area (Å²) in [4.78, 5) is 19.4. The van der Waals surface area contributed by atoms with Crippen LogP contribution in [0.2, 0.25) is 0 Å². The number of piperidine rings is 1. The van der Waals surface area contributed by atoms with Gasteiger partial charge in [-0.15, -0.1) is 0 Å². The second-order valence-corrected chi connectivity index (χ2v) is 9.28. The lowest BCUT2D eigenvalue weighted by molar-refractivity contribution is -0.145. The highest BCUT2D eigenvalue weighted by atomic mass is 16.4. The zero-order valence-corrected chi connectivity index (χ0v) is 18.8. The average molecular weight is 439 g/mol. The Kier molecular flexibility index (Phi) is 4.63. The topological polar surface area (TPSA) is 66.6 Å². The Bertz CT molecular complexity index is 1390. The van der Waals surface area contributed by atoms with Crippen LogP contribution in [-0.4, -0.2) is 33.5 Å². The van der Waals surface area contributed by atoms with Gasteiger partial charge in [-0.05, 0) is 72.7 Å². The Balaban J connectivity index is 1.70. The molecule has 4 aromatic rings. The van der Waals surface area contributed by atoms with Gasteiger partial charge in [0.05, 0.1) is 11.6 Å². The van der Waals surface area contributed by atoms with Gasteiger partial charge in [-0.1, -0.05) is 55.0 Å². The highest BCUT2D eigenvalue weighted by molar-refractivity contribution is 5.89. The molecular weight excluding hydrogens is 412 g/mol. The van der Waals surface area contributed by atoms with Crippen molar-refractivity contribution in [1.29, 1.82) is 0 Å². The van der Waals surface area contributed by atoms with Gasteiger partial charge in [-0.2, -0.15) is 0 Å². The highest BCUT2D eigenvalue weighted by Gasteiger charge is 2.39. The molecule has 0 amide bonds.